The Morgan fingerprint density at radius 1 is 1.58 bits per heavy atom. The number of halogens is 1. The summed E-state index contributed by atoms with van der Waals surface area (Å²) in [6.45, 7) is 0.581. The molecular weight excluding hydrogens is 288 g/mol. The Morgan fingerprint density at radius 3 is 3.00 bits per heavy atom. The molecule has 0 radical (unpaired) electrons. The molecule has 0 atom stereocenters. The highest BCUT2D eigenvalue weighted by atomic mass is 35.5. The molecule has 98 valence electrons. The van der Waals surface area contributed by atoms with Crippen LogP contribution in [-0.4, -0.2) is 27.5 Å². The summed E-state index contributed by atoms with van der Waals surface area (Å²) in [5.41, 5.74) is 0. The molecule has 0 aromatic carbocycles. The van der Waals surface area contributed by atoms with Crippen molar-refractivity contribution < 1.29 is 9.21 Å². The fourth-order valence-corrected chi connectivity index (χ4v) is 2.25. The molecule has 1 amide bonds. The number of hydrogen-bond acceptors (Lipinski definition) is 6. The fraction of sp³-hybridized carbons (Fsp3) is 0.273. The van der Waals surface area contributed by atoms with Gasteiger partial charge in [-0.2, -0.15) is 5.26 Å². The van der Waals surface area contributed by atoms with Crippen LogP contribution in [-0.2, 0) is 6.54 Å². The molecule has 2 aromatic heterocycles. The maximum Gasteiger partial charge on any atom is 0.285 e. The zero-order chi connectivity index (χ0) is 13.7. The molecule has 0 unspecified atom stereocenters. The lowest BCUT2D eigenvalue weighted by atomic mass is 10.3. The third-order valence-electron chi connectivity index (χ3n) is 2.29. The first-order valence-corrected chi connectivity index (χ1v) is 6.57. The molecule has 6 nitrogen and oxygen atoms in total. The van der Waals surface area contributed by atoms with Gasteiger partial charge in [0.15, 0.2) is 0 Å². The van der Waals surface area contributed by atoms with Crippen molar-refractivity contribution in [2.75, 3.05) is 6.54 Å². The second-order valence-corrected chi connectivity index (χ2v) is 5.13. The molecule has 0 N–H and O–H groups in total. The highest BCUT2D eigenvalue weighted by molar-refractivity contribution is 7.17. The van der Waals surface area contributed by atoms with Crippen molar-refractivity contribution in [3.63, 3.8) is 0 Å². The number of rotatable bonds is 5. The van der Waals surface area contributed by atoms with Gasteiger partial charge in [0.2, 0.25) is 9.47 Å². The van der Waals surface area contributed by atoms with Gasteiger partial charge >= 0.3 is 0 Å². The average molecular weight is 297 g/mol. The first-order chi connectivity index (χ1) is 9.20. The van der Waals surface area contributed by atoms with E-state index in [9.17, 15) is 4.79 Å². The Hall–Kier alpha value is -1.91. The zero-order valence-corrected chi connectivity index (χ0v) is 11.3. The largest absolute Gasteiger partial charge is 0.467 e. The molecule has 2 heterocycles. The predicted octanol–water partition coefficient (Wildman–Crippen LogP) is 2.34. The first kappa shape index (κ1) is 13.5. The topological polar surface area (TPSA) is 83.0 Å². The summed E-state index contributed by atoms with van der Waals surface area (Å²) in [4.78, 5) is 13.7. The van der Waals surface area contributed by atoms with Crippen molar-refractivity contribution in [2.45, 2.75) is 13.0 Å². The van der Waals surface area contributed by atoms with E-state index in [4.69, 9.17) is 21.3 Å². The molecule has 19 heavy (non-hydrogen) atoms. The van der Waals surface area contributed by atoms with E-state index in [2.05, 4.69) is 10.2 Å². The lowest BCUT2D eigenvalue weighted by Crippen LogP contribution is -2.31. The van der Waals surface area contributed by atoms with E-state index >= 15 is 0 Å². The molecule has 0 spiro atoms. The monoisotopic (exact) mass is 296 g/mol. The molecule has 0 fully saturated rings. The maximum atomic E-state index is 12.2. The summed E-state index contributed by atoms with van der Waals surface area (Å²) in [6, 6.07) is 5.51. The van der Waals surface area contributed by atoms with Crippen molar-refractivity contribution in [1.29, 1.82) is 5.26 Å². The Balaban J connectivity index is 2.12. The minimum absolute atomic E-state index is 0.203. The number of carbonyl (C=O) groups excluding carboxylic acids is 1. The SMILES string of the molecule is N#CCCN(Cc1ccco1)C(=O)c1nnc(Cl)s1. The van der Waals surface area contributed by atoms with Gasteiger partial charge in [-0.15, -0.1) is 10.2 Å². The summed E-state index contributed by atoms with van der Waals surface area (Å²) in [7, 11) is 0. The Bertz CT molecular complexity index is 590. The van der Waals surface area contributed by atoms with Gasteiger partial charge in [-0.3, -0.25) is 4.79 Å². The maximum absolute atomic E-state index is 12.2. The highest BCUT2D eigenvalue weighted by Gasteiger charge is 2.20. The van der Waals surface area contributed by atoms with Crippen LogP contribution in [0.3, 0.4) is 0 Å². The van der Waals surface area contributed by atoms with Gasteiger partial charge in [0.1, 0.15) is 5.76 Å². The number of amides is 1. The van der Waals surface area contributed by atoms with Gasteiger partial charge < -0.3 is 9.32 Å². The summed E-state index contributed by atoms with van der Waals surface area (Å²) in [6.07, 6.45) is 1.77. The second kappa shape index (κ2) is 6.31. The minimum Gasteiger partial charge on any atom is -0.467 e. The second-order valence-electron chi connectivity index (χ2n) is 3.57. The van der Waals surface area contributed by atoms with Gasteiger partial charge in [0, 0.05) is 6.54 Å². The number of hydrogen-bond donors (Lipinski definition) is 0. The fourth-order valence-electron chi connectivity index (χ4n) is 1.46. The van der Waals surface area contributed by atoms with E-state index in [1.165, 1.54) is 11.2 Å². The molecule has 0 aliphatic carbocycles. The number of carbonyl (C=O) groups is 1. The third-order valence-corrected chi connectivity index (χ3v) is 3.30. The van der Waals surface area contributed by atoms with Gasteiger partial charge in [-0.25, -0.2) is 0 Å². The van der Waals surface area contributed by atoms with Crippen LogP contribution in [0.5, 0.6) is 0 Å². The van der Waals surface area contributed by atoms with Crippen LogP contribution in [0.25, 0.3) is 0 Å². The lowest BCUT2D eigenvalue weighted by Gasteiger charge is -2.18. The van der Waals surface area contributed by atoms with Crippen LogP contribution in [0, 0.1) is 11.3 Å². The van der Waals surface area contributed by atoms with Crippen LogP contribution >= 0.6 is 22.9 Å². The van der Waals surface area contributed by atoms with Gasteiger partial charge in [0.05, 0.1) is 25.3 Å². The molecule has 0 saturated carbocycles. The number of nitriles is 1. The molecule has 0 aliphatic rings. The standard InChI is InChI=1S/C11H9ClN4O2S/c12-11-15-14-9(19-11)10(17)16(5-2-4-13)7-8-3-1-6-18-8/h1,3,6H,2,5,7H2. The zero-order valence-electron chi connectivity index (χ0n) is 9.74. The first-order valence-electron chi connectivity index (χ1n) is 5.38. The number of nitrogens with zero attached hydrogens (tertiary/aromatic N) is 4. The molecule has 0 bridgehead atoms. The van der Waals surface area contributed by atoms with Crippen LogP contribution in [0.2, 0.25) is 4.47 Å². The Kier molecular flexibility index (Phi) is 4.49. The molecule has 2 rings (SSSR count). The van der Waals surface area contributed by atoms with E-state index in [-0.39, 0.29) is 28.3 Å². The number of aromatic nitrogens is 2. The molecule has 8 heteroatoms. The Labute approximate surface area is 118 Å². The van der Waals surface area contributed by atoms with E-state index in [0.29, 0.717) is 12.3 Å². The normalized spacial score (nSPS) is 10.1. The van der Waals surface area contributed by atoms with Crippen LogP contribution < -0.4 is 0 Å². The van der Waals surface area contributed by atoms with Crippen molar-refractivity contribution in [2.24, 2.45) is 0 Å². The van der Waals surface area contributed by atoms with E-state index in [1.807, 2.05) is 6.07 Å². The molecule has 2 aromatic rings. The van der Waals surface area contributed by atoms with E-state index in [0.717, 1.165) is 11.3 Å². The average Bonchev–Trinajstić information content (AvgIpc) is 3.05. The third kappa shape index (κ3) is 3.53. The molecule has 0 aliphatic heterocycles. The van der Waals surface area contributed by atoms with E-state index < -0.39 is 0 Å². The molecule has 0 saturated heterocycles. The summed E-state index contributed by atoms with van der Waals surface area (Å²) < 4.78 is 5.41. The summed E-state index contributed by atoms with van der Waals surface area (Å²) in [5, 5.41) is 16.1. The van der Waals surface area contributed by atoms with E-state index in [1.54, 1.807) is 12.1 Å². The summed E-state index contributed by atoms with van der Waals surface area (Å²) >= 11 is 6.67. The summed E-state index contributed by atoms with van der Waals surface area (Å²) in [5.74, 6) is 0.331. The number of furan rings is 1. The van der Waals surface area contributed by atoms with Gasteiger partial charge in [-0.1, -0.05) is 11.3 Å². The lowest BCUT2D eigenvalue weighted by molar-refractivity contribution is 0.0734. The quantitative estimate of drug-likeness (QED) is 0.845. The highest BCUT2D eigenvalue weighted by Crippen LogP contribution is 2.18. The minimum atomic E-state index is -0.309. The van der Waals surface area contributed by atoms with Crippen LogP contribution in [0.15, 0.2) is 22.8 Å². The van der Waals surface area contributed by atoms with Gasteiger partial charge in [0.25, 0.3) is 5.91 Å². The Morgan fingerprint density at radius 2 is 2.42 bits per heavy atom. The van der Waals surface area contributed by atoms with Crippen LogP contribution in [0.4, 0.5) is 0 Å². The van der Waals surface area contributed by atoms with Crippen molar-refractivity contribution in [3.05, 3.63) is 33.6 Å². The van der Waals surface area contributed by atoms with Crippen molar-refractivity contribution in [3.8, 4) is 6.07 Å². The predicted molar refractivity (Wildman–Crippen MR) is 68.6 cm³/mol. The van der Waals surface area contributed by atoms with Crippen molar-refractivity contribution >= 4 is 28.8 Å². The smallest absolute Gasteiger partial charge is 0.285 e. The van der Waals surface area contributed by atoms with Crippen LogP contribution in [0.1, 0.15) is 22.0 Å². The molecular formula is C11H9ClN4O2S. The van der Waals surface area contributed by atoms with Gasteiger partial charge in [-0.05, 0) is 23.7 Å². The van der Waals surface area contributed by atoms with Crippen molar-refractivity contribution in [1.82, 2.24) is 15.1 Å².